The van der Waals surface area contributed by atoms with Crippen LogP contribution in [0.3, 0.4) is 0 Å². The second-order valence-electron chi connectivity index (χ2n) is 8.89. The number of pyridine rings is 1. The minimum atomic E-state index is -1.80. The largest absolute Gasteiger partial charge is 0.497 e. The Morgan fingerprint density at radius 2 is 1.72 bits per heavy atom. The molecule has 0 aliphatic rings. The molecule has 0 unspecified atom stereocenters. The van der Waals surface area contributed by atoms with Crippen molar-refractivity contribution in [1.29, 1.82) is 0 Å². The number of aromatic nitrogens is 2. The van der Waals surface area contributed by atoms with Crippen LogP contribution in [-0.2, 0) is 29.0 Å². The molecule has 0 aliphatic heterocycles. The summed E-state index contributed by atoms with van der Waals surface area (Å²) in [6.07, 6.45) is 1.97. The van der Waals surface area contributed by atoms with Gasteiger partial charge >= 0.3 is 0 Å². The van der Waals surface area contributed by atoms with E-state index < -0.39 is 8.32 Å². The van der Waals surface area contributed by atoms with Crippen molar-refractivity contribution in [1.82, 2.24) is 9.61 Å². The van der Waals surface area contributed by atoms with Crippen LogP contribution >= 0.6 is 0 Å². The molecule has 0 amide bonds. The third-order valence-corrected chi connectivity index (χ3v) is 10.2. The molecule has 0 aliphatic carbocycles. The van der Waals surface area contributed by atoms with E-state index in [1.165, 1.54) is 0 Å². The van der Waals surface area contributed by atoms with Gasteiger partial charge in [-0.1, -0.05) is 39.0 Å². The second-order valence-corrected chi connectivity index (χ2v) is 13.7. The predicted molar refractivity (Wildman–Crippen MR) is 119 cm³/mol. The molecule has 0 saturated carbocycles. The third kappa shape index (κ3) is 5.26. The molecular weight excluding hydrogens is 380 g/mol. The Kier molecular flexibility index (Phi) is 6.46. The van der Waals surface area contributed by atoms with Crippen LogP contribution in [0.25, 0.3) is 5.52 Å². The third-order valence-electron chi connectivity index (χ3n) is 5.71. The number of rotatable bonds is 8. The van der Waals surface area contributed by atoms with Crippen LogP contribution < -0.4 is 4.74 Å². The molecule has 156 valence electrons. The molecule has 1 aromatic carbocycles. The van der Waals surface area contributed by atoms with Crippen molar-refractivity contribution in [3.8, 4) is 5.75 Å². The van der Waals surface area contributed by atoms with Crippen LogP contribution in [0.5, 0.6) is 5.75 Å². The normalized spacial score (nSPS) is 12.5. The van der Waals surface area contributed by atoms with Crippen LogP contribution in [0.4, 0.5) is 0 Å². The standard InChI is InChI=1S/C23H32N2O3Si/c1-23(2,3)29(5,6)28-16-19-8-7-13-25-22(19)14-20(24-25)17-27-15-18-9-11-21(26-4)12-10-18/h7-14H,15-17H2,1-6H3. The number of hydrogen-bond acceptors (Lipinski definition) is 4. The van der Waals surface area contributed by atoms with Gasteiger partial charge in [0.25, 0.3) is 0 Å². The molecule has 0 N–H and O–H groups in total. The fourth-order valence-corrected chi connectivity index (χ4v) is 3.74. The number of fused-ring (bicyclic) bond motifs is 1. The highest BCUT2D eigenvalue weighted by atomic mass is 28.4. The highest BCUT2D eigenvalue weighted by Crippen LogP contribution is 2.37. The summed E-state index contributed by atoms with van der Waals surface area (Å²) >= 11 is 0. The number of ether oxygens (including phenoxy) is 2. The SMILES string of the molecule is COc1ccc(COCc2cc3c(CO[Si](C)(C)C(C)(C)C)cccn3n2)cc1. The number of nitrogens with zero attached hydrogens (tertiary/aromatic N) is 2. The zero-order chi connectivity index (χ0) is 21.1. The second kappa shape index (κ2) is 8.69. The summed E-state index contributed by atoms with van der Waals surface area (Å²) in [5.74, 6) is 0.849. The molecule has 0 bridgehead atoms. The van der Waals surface area contributed by atoms with Crippen LogP contribution in [0.1, 0.15) is 37.6 Å². The molecule has 3 rings (SSSR count). The summed E-state index contributed by atoms with van der Waals surface area (Å²) in [6, 6.07) is 14.1. The fraction of sp³-hybridized carbons (Fsp3) is 0.435. The number of methoxy groups -OCH3 is 1. The zero-order valence-corrected chi connectivity index (χ0v) is 19.4. The zero-order valence-electron chi connectivity index (χ0n) is 18.4. The maximum atomic E-state index is 6.41. The topological polar surface area (TPSA) is 45.0 Å². The molecular formula is C23H32N2O3Si. The van der Waals surface area contributed by atoms with Crippen LogP contribution in [0, 0.1) is 0 Å². The van der Waals surface area contributed by atoms with E-state index in [-0.39, 0.29) is 5.04 Å². The van der Waals surface area contributed by atoms with Crippen molar-refractivity contribution in [3.05, 3.63) is 65.5 Å². The van der Waals surface area contributed by atoms with Gasteiger partial charge < -0.3 is 13.9 Å². The summed E-state index contributed by atoms with van der Waals surface area (Å²) in [4.78, 5) is 0. The van der Waals surface area contributed by atoms with E-state index in [0.29, 0.717) is 19.8 Å². The van der Waals surface area contributed by atoms with E-state index >= 15 is 0 Å². The van der Waals surface area contributed by atoms with Crippen molar-refractivity contribution in [3.63, 3.8) is 0 Å². The first-order chi connectivity index (χ1) is 13.7. The number of benzene rings is 1. The Labute approximate surface area is 174 Å². The molecule has 6 heteroatoms. The van der Waals surface area contributed by atoms with E-state index in [4.69, 9.17) is 13.9 Å². The highest BCUT2D eigenvalue weighted by molar-refractivity contribution is 6.74. The average molecular weight is 413 g/mol. The first kappa shape index (κ1) is 21.6. The van der Waals surface area contributed by atoms with Crippen molar-refractivity contribution in [2.24, 2.45) is 0 Å². The van der Waals surface area contributed by atoms with Gasteiger partial charge in [0.15, 0.2) is 8.32 Å². The van der Waals surface area contributed by atoms with Crippen LogP contribution in [0.15, 0.2) is 48.7 Å². The lowest BCUT2D eigenvalue weighted by Gasteiger charge is -2.36. The molecule has 29 heavy (non-hydrogen) atoms. The molecule has 2 heterocycles. The molecule has 3 aromatic rings. The van der Waals surface area contributed by atoms with E-state index in [1.807, 2.05) is 41.0 Å². The van der Waals surface area contributed by atoms with Gasteiger partial charge in [-0.25, -0.2) is 4.52 Å². The predicted octanol–water partition coefficient (Wildman–Crippen LogP) is 5.58. The molecule has 0 atom stereocenters. The Balaban J connectivity index is 1.64. The Bertz CT molecular complexity index is 943. The van der Waals surface area contributed by atoms with Crippen molar-refractivity contribution in [2.45, 2.75) is 58.7 Å². The van der Waals surface area contributed by atoms with Gasteiger partial charge in [0.05, 0.1) is 38.1 Å². The minimum Gasteiger partial charge on any atom is -0.497 e. The van der Waals surface area contributed by atoms with E-state index in [2.05, 4.69) is 51.1 Å². The fourth-order valence-electron chi connectivity index (χ4n) is 2.79. The van der Waals surface area contributed by atoms with Crippen molar-refractivity contribution in [2.75, 3.05) is 7.11 Å². The van der Waals surface area contributed by atoms with Gasteiger partial charge in [0.2, 0.25) is 0 Å². The molecule has 5 nitrogen and oxygen atoms in total. The average Bonchev–Trinajstić information content (AvgIpc) is 3.09. The quantitative estimate of drug-likeness (QED) is 0.453. The van der Waals surface area contributed by atoms with Crippen LogP contribution in [-0.4, -0.2) is 25.0 Å². The summed E-state index contributed by atoms with van der Waals surface area (Å²) in [5, 5.41) is 4.85. The molecule has 0 spiro atoms. The summed E-state index contributed by atoms with van der Waals surface area (Å²) in [6.45, 7) is 13.0. The van der Waals surface area contributed by atoms with Gasteiger partial charge in [-0.2, -0.15) is 5.10 Å². The highest BCUT2D eigenvalue weighted by Gasteiger charge is 2.37. The first-order valence-corrected chi connectivity index (χ1v) is 12.9. The summed E-state index contributed by atoms with van der Waals surface area (Å²) < 4.78 is 19.4. The van der Waals surface area contributed by atoms with Gasteiger partial charge in [-0.05, 0) is 48.0 Å². The number of hydrogen-bond donors (Lipinski definition) is 0. The summed E-state index contributed by atoms with van der Waals surface area (Å²) in [5.41, 5.74) is 4.26. The van der Waals surface area contributed by atoms with Crippen molar-refractivity contribution >= 4 is 13.8 Å². The molecule has 0 saturated heterocycles. The Morgan fingerprint density at radius 3 is 2.38 bits per heavy atom. The summed E-state index contributed by atoms with van der Waals surface area (Å²) in [7, 11) is -0.130. The lowest BCUT2D eigenvalue weighted by atomic mass is 10.2. The Morgan fingerprint density at radius 1 is 1.00 bits per heavy atom. The van der Waals surface area contributed by atoms with E-state index in [0.717, 1.165) is 28.1 Å². The van der Waals surface area contributed by atoms with Gasteiger partial charge in [-0.3, -0.25) is 0 Å². The smallest absolute Gasteiger partial charge is 0.192 e. The van der Waals surface area contributed by atoms with Gasteiger partial charge in [0.1, 0.15) is 5.75 Å². The van der Waals surface area contributed by atoms with E-state index in [9.17, 15) is 0 Å². The monoisotopic (exact) mass is 412 g/mol. The van der Waals surface area contributed by atoms with Crippen molar-refractivity contribution < 1.29 is 13.9 Å². The lowest BCUT2D eigenvalue weighted by molar-refractivity contribution is 0.104. The molecule has 0 radical (unpaired) electrons. The maximum Gasteiger partial charge on any atom is 0.192 e. The lowest BCUT2D eigenvalue weighted by Crippen LogP contribution is -2.40. The van der Waals surface area contributed by atoms with Gasteiger partial charge in [0, 0.05) is 11.8 Å². The van der Waals surface area contributed by atoms with E-state index in [1.54, 1.807) is 7.11 Å². The van der Waals surface area contributed by atoms with Crippen LogP contribution in [0.2, 0.25) is 18.1 Å². The maximum absolute atomic E-state index is 6.41. The first-order valence-electron chi connectivity index (χ1n) is 10.0. The molecule has 0 fully saturated rings. The molecule has 2 aromatic heterocycles. The van der Waals surface area contributed by atoms with Gasteiger partial charge in [-0.15, -0.1) is 0 Å². The Hall–Kier alpha value is -2.15. The minimum absolute atomic E-state index is 0.193.